The molecule has 0 fully saturated rings. The van der Waals surface area contributed by atoms with E-state index >= 15 is 0 Å². The zero-order valence-corrected chi connectivity index (χ0v) is 11.4. The van der Waals surface area contributed by atoms with Crippen molar-refractivity contribution in [3.05, 3.63) is 58.1 Å². The van der Waals surface area contributed by atoms with Crippen molar-refractivity contribution in [3.63, 3.8) is 0 Å². The number of para-hydroxylation sites is 1. The highest BCUT2D eigenvalue weighted by Crippen LogP contribution is 2.29. The molecule has 0 spiro atoms. The summed E-state index contributed by atoms with van der Waals surface area (Å²) in [7, 11) is 0. The maximum absolute atomic E-state index is 9.23. The van der Waals surface area contributed by atoms with Crippen LogP contribution in [0.2, 0.25) is 0 Å². The van der Waals surface area contributed by atoms with E-state index in [1.165, 1.54) is 0 Å². The lowest BCUT2D eigenvalue weighted by molar-refractivity contribution is 0.276. The van der Waals surface area contributed by atoms with E-state index in [1.54, 1.807) is 0 Å². The Balaban J connectivity index is 2.26. The van der Waals surface area contributed by atoms with Gasteiger partial charge in [0.2, 0.25) is 0 Å². The number of benzene rings is 2. The van der Waals surface area contributed by atoms with Crippen molar-refractivity contribution in [3.8, 4) is 11.5 Å². The lowest BCUT2D eigenvalue weighted by Gasteiger charge is -2.10. The van der Waals surface area contributed by atoms with E-state index in [1.807, 2.05) is 42.5 Å². The molecule has 18 heavy (non-hydrogen) atoms. The molecule has 0 aliphatic heterocycles. The summed E-state index contributed by atoms with van der Waals surface area (Å²) in [6.45, 7) is 0.437. The molecular weight excluding hydrogens is 294 g/mol. The summed E-state index contributed by atoms with van der Waals surface area (Å²) in [4.78, 5) is 0. The van der Waals surface area contributed by atoms with Crippen LogP contribution in [0, 0.1) is 0 Å². The van der Waals surface area contributed by atoms with Crippen molar-refractivity contribution < 1.29 is 9.84 Å². The molecule has 0 amide bonds. The summed E-state index contributed by atoms with van der Waals surface area (Å²) in [5.74, 6) is 1.37. The molecule has 3 nitrogen and oxygen atoms in total. The molecule has 0 aliphatic carbocycles. The van der Waals surface area contributed by atoms with Gasteiger partial charge in [-0.1, -0.05) is 40.2 Å². The molecule has 2 aromatic carbocycles. The Kier molecular flexibility index (Phi) is 4.36. The van der Waals surface area contributed by atoms with E-state index in [4.69, 9.17) is 10.5 Å². The van der Waals surface area contributed by atoms with Crippen molar-refractivity contribution in [2.75, 3.05) is 0 Å². The minimum Gasteiger partial charge on any atom is -0.457 e. The van der Waals surface area contributed by atoms with Crippen molar-refractivity contribution in [1.82, 2.24) is 0 Å². The van der Waals surface area contributed by atoms with Gasteiger partial charge in [0.15, 0.2) is 0 Å². The van der Waals surface area contributed by atoms with Crippen molar-refractivity contribution in [1.29, 1.82) is 0 Å². The first-order valence-corrected chi connectivity index (χ1v) is 6.39. The lowest BCUT2D eigenvalue weighted by atomic mass is 10.2. The highest BCUT2D eigenvalue weighted by atomic mass is 79.9. The van der Waals surface area contributed by atoms with Crippen LogP contribution < -0.4 is 10.5 Å². The van der Waals surface area contributed by atoms with Crippen LogP contribution in [-0.4, -0.2) is 5.11 Å². The molecule has 0 bridgehead atoms. The van der Waals surface area contributed by atoms with Crippen LogP contribution in [0.4, 0.5) is 0 Å². The molecule has 94 valence electrons. The summed E-state index contributed by atoms with van der Waals surface area (Å²) in [6, 6.07) is 13.1. The third-order valence-corrected chi connectivity index (χ3v) is 3.35. The highest BCUT2D eigenvalue weighted by molar-refractivity contribution is 9.10. The molecule has 2 aromatic rings. The molecular formula is C14H14BrNO2. The van der Waals surface area contributed by atoms with Crippen LogP contribution in [0.1, 0.15) is 11.1 Å². The van der Waals surface area contributed by atoms with Gasteiger partial charge in [-0.25, -0.2) is 0 Å². The van der Waals surface area contributed by atoms with E-state index in [9.17, 15) is 5.11 Å². The predicted molar refractivity (Wildman–Crippen MR) is 74.5 cm³/mol. The van der Waals surface area contributed by atoms with Gasteiger partial charge in [-0.15, -0.1) is 0 Å². The minimum absolute atomic E-state index is 0.0434. The second-order valence-corrected chi connectivity index (χ2v) is 4.68. The van der Waals surface area contributed by atoms with Gasteiger partial charge in [0.25, 0.3) is 0 Å². The molecule has 0 aliphatic rings. The van der Waals surface area contributed by atoms with Gasteiger partial charge in [-0.2, -0.15) is 0 Å². The van der Waals surface area contributed by atoms with Crippen LogP contribution in [0.15, 0.2) is 46.9 Å². The van der Waals surface area contributed by atoms with Gasteiger partial charge in [-0.05, 0) is 23.8 Å². The first-order valence-electron chi connectivity index (χ1n) is 5.59. The molecule has 0 unspecified atom stereocenters. The maximum Gasteiger partial charge on any atom is 0.132 e. The summed E-state index contributed by atoms with van der Waals surface area (Å²) in [6.07, 6.45) is 0. The number of halogens is 1. The molecule has 0 saturated heterocycles. The summed E-state index contributed by atoms with van der Waals surface area (Å²) >= 11 is 3.45. The molecule has 0 atom stereocenters. The van der Waals surface area contributed by atoms with Gasteiger partial charge >= 0.3 is 0 Å². The summed E-state index contributed by atoms with van der Waals surface area (Å²) in [5, 5.41) is 9.23. The average molecular weight is 308 g/mol. The van der Waals surface area contributed by atoms with E-state index in [-0.39, 0.29) is 6.61 Å². The molecule has 0 heterocycles. The van der Waals surface area contributed by atoms with Crippen molar-refractivity contribution in [2.45, 2.75) is 13.2 Å². The van der Waals surface area contributed by atoms with E-state index in [0.29, 0.717) is 18.0 Å². The smallest absolute Gasteiger partial charge is 0.132 e. The van der Waals surface area contributed by atoms with Crippen LogP contribution in [0.3, 0.4) is 0 Å². The van der Waals surface area contributed by atoms with Crippen LogP contribution >= 0.6 is 15.9 Å². The fraction of sp³-hybridized carbons (Fsp3) is 0.143. The number of ether oxygens (including phenoxy) is 1. The van der Waals surface area contributed by atoms with Gasteiger partial charge in [0.05, 0.1) is 6.61 Å². The molecule has 4 heteroatoms. The first kappa shape index (κ1) is 13.1. The molecule has 0 radical (unpaired) electrons. The minimum atomic E-state index is -0.0434. The van der Waals surface area contributed by atoms with Crippen molar-refractivity contribution in [2.24, 2.45) is 5.73 Å². The Morgan fingerprint density at radius 3 is 2.56 bits per heavy atom. The average Bonchev–Trinajstić information content (AvgIpc) is 2.39. The van der Waals surface area contributed by atoms with E-state index < -0.39 is 0 Å². The zero-order chi connectivity index (χ0) is 13.0. The highest BCUT2D eigenvalue weighted by Gasteiger charge is 2.05. The largest absolute Gasteiger partial charge is 0.457 e. The molecule has 3 N–H and O–H groups in total. The quantitative estimate of drug-likeness (QED) is 0.912. The van der Waals surface area contributed by atoms with Crippen LogP contribution in [0.5, 0.6) is 11.5 Å². The van der Waals surface area contributed by atoms with Gasteiger partial charge < -0.3 is 15.6 Å². The fourth-order valence-electron chi connectivity index (χ4n) is 1.62. The lowest BCUT2D eigenvalue weighted by Crippen LogP contribution is -1.97. The normalized spacial score (nSPS) is 10.4. The van der Waals surface area contributed by atoms with Crippen molar-refractivity contribution >= 4 is 15.9 Å². The van der Waals surface area contributed by atoms with Gasteiger partial charge in [0, 0.05) is 16.6 Å². The van der Waals surface area contributed by atoms with Gasteiger partial charge in [0.1, 0.15) is 11.5 Å². The number of aliphatic hydroxyl groups excluding tert-OH is 1. The van der Waals surface area contributed by atoms with E-state index in [2.05, 4.69) is 15.9 Å². The van der Waals surface area contributed by atoms with Crippen LogP contribution in [-0.2, 0) is 13.2 Å². The second-order valence-electron chi connectivity index (χ2n) is 3.83. The summed E-state index contributed by atoms with van der Waals surface area (Å²) in [5.41, 5.74) is 7.38. The third kappa shape index (κ3) is 2.90. The Hall–Kier alpha value is -1.36. The third-order valence-electron chi connectivity index (χ3n) is 2.62. The Morgan fingerprint density at radius 2 is 1.89 bits per heavy atom. The second kappa shape index (κ2) is 6.00. The Morgan fingerprint density at radius 1 is 1.11 bits per heavy atom. The van der Waals surface area contributed by atoms with E-state index in [0.717, 1.165) is 15.6 Å². The standard InChI is InChI=1S/C14H14BrNO2/c15-13-7-12(6-5-10(13)8-16)18-14-4-2-1-3-11(14)9-17/h1-7,17H,8-9,16H2. The molecule has 2 rings (SSSR count). The monoisotopic (exact) mass is 307 g/mol. The topological polar surface area (TPSA) is 55.5 Å². The Bertz CT molecular complexity index is 543. The zero-order valence-electron chi connectivity index (χ0n) is 9.77. The Labute approximate surface area is 114 Å². The number of rotatable bonds is 4. The van der Waals surface area contributed by atoms with Gasteiger partial charge in [-0.3, -0.25) is 0 Å². The molecule has 0 aromatic heterocycles. The number of hydrogen-bond donors (Lipinski definition) is 2. The number of nitrogens with two attached hydrogens (primary N) is 1. The van der Waals surface area contributed by atoms with Crippen LogP contribution in [0.25, 0.3) is 0 Å². The fourth-order valence-corrected chi connectivity index (χ4v) is 2.14. The number of aliphatic hydroxyl groups is 1. The number of hydrogen-bond acceptors (Lipinski definition) is 3. The maximum atomic E-state index is 9.23. The molecule has 0 saturated carbocycles. The predicted octanol–water partition coefficient (Wildman–Crippen LogP) is 3.19. The first-order chi connectivity index (χ1) is 8.74. The summed E-state index contributed by atoms with van der Waals surface area (Å²) < 4.78 is 6.67. The SMILES string of the molecule is NCc1ccc(Oc2ccccc2CO)cc1Br.